The van der Waals surface area contributed by atoms with E-state index in [4.69, 9.17) is 0 Å². The van der Waals surface area contributed by atoms with Crippen LogP contribution < -0.4 is 10.6 Å². The topological polar surface area (TPSA) is 95.5 Å². The summed E-state index contributed by atoms with van der Waals surface area (Å²) in [5, 5.41) is 14.7. The molecule has 2 atom stereocenters. The van der Waals surface area contributed by atoms with E-state index in [1.54, 1.807) is 0 Å². The Labute approximate surface area is 161 Å². The Balaban J connectivity index is 2.87. The second kappa shape index (κ2) is 9.53. The predicted octanol–water partition coefficient (Wildman–Crippen LogP) is 2.65. The van der Waals surface area contributed by atoms with E-state index in [2.05, 4.69) is 31.4 Å². The lowest BCUT2D eigenvalue weighted by Crippen LogP contribution is -2.52. The summed E-state index contributed by atoms with van der Waals surface area (Å²) in [6.07, 6.45) is 0.623. The highest BCUT2D eigenvalue weighted by Gasteiger charge is 2.26. The summed E-state index contributed by atoms with van der Waals surface area (Å²) < 4.78 is 0. The van der Waals surface area contributed by atoms with E-state index in [1.165, 1.54) is 6.92 Å². The maximum Gasteiger partial charge on any atom is 0.326 e. The van der Waals surface area contributed by atoms with Crippen LogP contribution in [0.15, 0.2) is 24.3 Å². The Hall–Kier alpha value is -2.37. The average Bonchev–Trinajstić information content (AvgIpc) is 2.52. The Bertz CT molecular complexity index is 660. The molecular formula is C21H32N2O4. The number of carbonyl (C=O) groups excluding carboxylic acids is 2. The van der Waals surface area contributed by atoms with Crippen LogP contribution in [0.2, 0.25) is 0 Å². The number of carboxylic acid groups (broad SMARTS) is 1. The molecule has 0 aromatic heterocycles. The maximum absolute atomic E-state index is 12.5. The smallest absolute Gasteiger partial charge is 0.326 e. The van der Waals surface area contributed by atoms with Gasteiger partial charge in [0.15, 0.2) is 0 Å². The molecule has 1 aromatic carbocycles. The summed E-state index contributed by atoms with van der Waals surface area (Å²) in [4.78, 5) is 35.5. The molecular weight excluding hydrogens is 344 g/mol. The number of nitrogens with one attached hydrogen (secondary N) is 2. The fourth-order valence-corrected chi connectivity index (χ4v) is 2.80. The molecule has 0 aliphatic carbocycles. The van der Waals surface area contributed by atoms with Gasteiger partial charge in [-0.05, 0) is 28.9 Å². The number of hydrogen-bond donors (Lipinski definition) is 3. The van der Waals surface area contributed by atoms with Crippen LogP contribution in [0.5, 0.6) is 0 Å². The molecule has 0 saturated carbocycles. The first-order valence-electron chi connectivity index (χ1n) is 9.30. The van der Waals surface area contributed by atoms with Crippen molar-refractivity contribution in [3.05, 3.63) is 35.4 Å². The van der Waals surface area contributed by atoms with Crippen LogP contribution in [0.4, 0.5) is 0 Å². The van der Waals surface area contributed by atoms with Crippen LogP contribution in [0.3, 0.4) is 0 Å². The van der Waals surface area contributed by atoms with Crippen molar-refractivity contribution in [2.45, 2.75) is 71.9 Å². The Morgan fingerprint density at radius 2 is 1.56 bits per heavy atom. The summed E-state index contributed by atoms with van der Waals surface area (Å²) in [7, 11) is 0. The van der Waals surface area contributed by atoms with E-state index in [0.717, 1.165) is 11.1 Å². The fourth-order valence-electron chi connectivity index (χ4n) is 2.80. The molecule has 0 spiro atoms. The number of rotatable bonds is 8. The molecule has 0 aliphatic rings. The van der Waals surface area contributed by atoms with Gasteiger partial charge in [-0.15, -0.1) is 0 Å². The molecule has 0 heterocycles. The molecule has 1 aromatic rings. The minimum atomic E-state index is -1.10. The van der Waals surface area contributed by atoms with E-state index in [0.29, 0.717) is 6.42 Å². The molecule has 150 valence electrons. The molecule has 6 heteroatoms. The highest BCUT2D eigenvalue weighted by molar-refractivity contribution is 5.90. The quantitative estimate of drug-likeness (QED) is 0.650. The first kappa shape index (κ1) is 22.7. The van der Waals surface area contributed by atoms with Gasteiger partial charge in [-0.1, -0.05) is 58.9 Å². The van der Waals surface area contributed by atoms with Crippen LogP contribution in [0, 0.1) is 5.92 Å². The van der Waals surface area contributed by atoms with Gasteiger partial charge in [0.05, 0.1) is 0 Å². The minimum absolute atomic E-state index is 0.0153. The lowest BCUT2D eigenvalue weighted by atomic mass is 9.86. The van der Waals surface area contributed by atoms with Gasteiger partial charge in [0.25, 0.3) is 0 Å². The monoisotopic (exact) mass is 376 g/mol. The van der Waals surface area contributed by atoms with Crippen molar-refractivity contribution in [2.75, 3.05) is 0 Å². The largest absolute Gasteiger partial charge is 0.480 e. The average molecular weight is 376 g/mol. The van der Waals surface area contributed by atoms with Crippen molar-refractivity contribution in [1.82, 2.24) is 10.6 Å². The molecule has 0 aliphatic heterocycles. The second-order valence-electron chi connectivity index (χ2n) is 8.43. The minimum Gasteiger partial charge on any atom is -0.480 e. The van der Waals surface area contributed by atoms with Gasteiger partial charge in [0.1, 0.15) is 12.1 Å². The molecule has 27 heavy (non-hydrogen) atoms. The van der Waals surface area contributed by atoms with Crippen molar-refractivity contribution >= 4 is 17.8 Å². The molecule has 0 saturated heterocycles. The van der Waals surface area contributed by atoms with Crippen LogP contribution >= 0.6 is 0 Å². The van der Waals surface area contributed by atoms with Gasteiger partial charge in [-0.2, -0.15) is 0 Å². The third-order valence-corrected chi connectivity index (χ3v) is 4.28. The molecule has 0 fully saturated rings. The second-order valence-corrected chi connectivity index (χ2v) is 8.43. The normalized spacial score (nSPS) is 13.7. The van der Waals surface area contributed by atoms with E-state index in [1.807, 2.05) is 38.1 Å². The number of carboxylic acids is 1. The van der Waals surface area contributed by atoms with Crippen molar-refractivity contribution in [1.29, 1.82) is 0 Å². The number of aliphatic carboxylic acids is 1. The van der Waals surface area contributed by atoms with Crippen LogP contribution in [0.1, 0.15) is 59.1 Å². The zero-order chi connectivity index (χ0) is 20.8. The molecule has 0 bridgehead atoms. The molecule has 0 unspecified atom stereocenters. The van der Waals surface area contributed by atoms with Gasteiger partial charge in [0.2, 0.25) is 11.8 Å². The van der Waals surface area contributed by atoms with E-state index < -0.39 is 24.0 Å². The van der Waals surface area contributed by atoms with Gasteiger partial charge in [0, 0.05) is 13.3 Å². The Kier molecular flexibility index (Phi) is 8.00. The third kappa shape index (κ3) is 7.81. The summed E-state index contributed by atoms with van der Waals surface area (Å²) in [6.45, 7) is 11.5. The SMILES string of the molecule is CC(=O)N[C@@H](CC(C)C)C(=O)N[C@H](Cc1ccc(C(C)(C)C)cc1)C(=O)O. The molecule has 0 radical (unpaired) electrons. The van der Waals surface area contributed by atoms with E-state index >= 15 is 0 Å². The lowest BCUT2D eigenvalue weighted by Gasteiger charge is -2.23. The number of amides is 2. The fraction of sp³-hybridized carbons (Fsp3) is 0.571. The van der Waals surface area contributed by atoms with Gasteiger partial charge < -0.3 is 15.7 Å². The highest BCUT2D eigenvalue weighted by atomic mass is 16.4. The van der Waals surface area contributed by atoms with Crippen molar-refractivity contribution in [3.63, 3.8) is 0 Å². The van der Waals surface area contributed by atoms with Crippen LogP contribution in [-0.2, 0) is 26.2 Å². The van der Waals surface area contributed by atoms with Gasteiger partial charge in [-0.25, -0.2) is 4.79 Å². The number of carbonyl (C=O) groups is 3. The predicted molar refractivity (Wildman–Crippen MR) is 105 cm³/mol. The number of benzene rings is 1. The first-order valence-corrected chi connectivity index (χ1v) is 9.30. The summed E-state index contributed by atoms with van der Waals surface area (Å²) in [6, 6.07) is 5.95. The summed E-state index contributed by atoms with van der Waals surface area (Å²) >= 11 is 0. The number of hydrogen-bond acceptors (Lipinski definition) is 3. The summed E-state index contributed by atoms with van der Waals surface area (Å²) in [5.41, 5.74) is 2.00. The Morgan fingerprint density at radius 1 is 1.00 bits per heavy atom. The lowest BCUT2D eigenvalue weighted by molar-refractivity contribution is -0.142. The zero-order valence-electron chi connectivity index (χ0n) is 17.1. The van der Waals surface area contributed by atoms with Crippen molar-refractivity contribution in [3.8, 4) is 0 Å². The standard InChI is InChI=1S/C21H32N2O4/c1-13(2)11-17(22-14(3)24)19(25)23-18(20(26)27)12-15-7-9-16(10-8-15)21(4,5)6/h7-10,13,17-18H,11-12H2,1-6H3,(H,22,24)(H,23,25)(H,26,27)/t17-,18+/m0/s1. The van der Waals surface area contributed by atoms with Crippen molar-refractivity contribution < 1.29 is 19.5 Å². The molecule has 1 rings (SSSR count). The van der Waals surface area contributed by atoms with E-state index in [9.17, 15) is 19.5 Å². The van der Waals surface area contributed by atoms with Crippen molar-refractivity contribution in [2.24, 2.45) is 5.92 Å². The van der Waals surface area contributed by atoms with Gasteiger partial charge in [-0.3, -0.25) is 9.59 Å². The first-order chi connectivity index (χ1) is 12.4. The van der Waals surface area contributed by atoms with Crippen LogP contribution in [0.25, 0.3) is 0 Å². The third-order valence-electron chi connectivity index (χ3n) is 4.28. The highest BCUT2D eigenvalue weighted by Crippen LogP contribution is 2.22. The Morgan fingerprint density at radius 3 is 1.96 bits per heavy atom. The summed E-state index contributed by atoms with van der Waals surface area (Å²) in [5.74, 6) is -1.71. The van der Waals surface area contributed by atoms with Crippen LogP contribution in [-0.4, -0.2) is 35.0 Å². The van der Waals surface area contributed by atoms with E-state index in [-0.39, 0.29) is 23.7 Å². The molecule has 2 amide bonds. The molecule has 6 nitrogen and oxygen atoms in total. The zero-order valence-corrected chi connectivity index (χ0v) is 17.1. The maximum atomic E-state index is 12.5. The van der Waals surface area contributed by atoms with Gasteiger partial charge >= 0.3 is 5.97 Å². The molecule has 3 N–H and O–H groups in total.